The zero-order valence-electron chi connectivity index (χ0n) is 14.7. The van der Waals surface area contributed by atoms with Crippen molar-refractivity contribution in [1.82, 2.24) is 14.8 Å². The third-order valence-electron chi connectivity index (χ3n) is 4.08. The maximum atomic E-state index is 14.9. The highest BCUT2D eigenvalue weighted by Crippen LogP contribution is 2.37. The highest BCUT2D eigenvalue weighted by atomic mass is 127. The topological polar surface area (TPSA) is 129 Å². The van der Waals surface area contributed by atoms with Crippen LogP contribution in [0.15, 0.2) is 29.2 Å². The fourth-order valence-electron chi connectivity index (χ4n) is 2.59. The molecule has 148 valence electrons. The van der Waals surface area contributed by atoms with E-state index in [9.17, 15) is 17.2 Å². The van der Waals surface area contributed by atoms with Gasteiger partial charge in [-0.05, 0) is 59.3 Å². The lowest BCUT2D eigenvalue weighted by atomic mass is 10.1. The molecule has 1 aromatic heterocycles. The van der Waals surface area contributed by atoms with Crippen LogP contribution in [0.2, 0.25) is 0 Å². The first-order chi connectivity index (χ1) is 13.0. The van der Waals surface area contributed by atoms with E-state index in [4.69, 9.17) is 10.9 Å². The summed E-state index contributed by atoms with van der Waals surface area (Å²) in [6.07, 6.45) is 0. The predicted molar refractivity (Wildman–Crippen MR) is 109 cm³/mol. The lowest BCUT2D eigenvalue weighted by Gasteiger charge is -2.17. The molecule has 8 nitrogen and oxygen atoms in total. The van der Waals surface area contributed by atoms with Crippen LogP contribution < -0.4 is 16.2 Å². The zero-order valence-corrected chi connectivity index (χ0v) is 17.6. The van der Waals surface area contributed by atoms with Crippen LogP contribution in [0.3, 0.4) is 0 Å². The van der Waals surface area contributed by atoms with Crippen molar-refractivity contribution in [2.24, 2.45) is 12.2 Å². The molecule has 2 aromatic carbocycles. The molecule has 0 saturated carbocycles. The van der Waals surface area contributed by atoms with Crippen molar-refractivity contribution in [3.05, 3.63) is 45.0 Å². The molecule has 0 radical (unpaired) electrons. The van der Waals surface area contributed by atoms with Gasteiger partial charge in [0.15, 0.2) is 17.5 Å². The van der Waals surface area contributed by atoms with Crippen molar-refractivity contribution in [3.63, 3.8) is 0 Å². The molecule has 0 fully saturated rings. The third kappa shape index (κ3) is 3.66. The van der Waals surface area contributed by atoms with E-state index in [0.29, 0.717) is 5.69 Å². The molecule has 0 saturated heterocycles. The fourth-order valence-corrected chi connectivity index (χ4v) is 3.85. The van der Waals surface area contributed by atoms with Gasteiger partial charge in [0.25, 0.3) is 0 Å². The smallest absolute Gasteiger partial charge is 0.241 e. The summed E-state index contributed by atoms with van der Waals surface area (Å²) in [5.74, 6) is -2.96. The molecule has 28 heavy (non-hydrogen) atoms. The predicted octanol–water partition coefficient (Wildman–Crippen LogP) is 2.65. The van der Waals surface area contributed by atoms with Crippen LogP contribution in [0.1, 0.15) is 5.56 Å². The normalized spacial score (nSPS) is 11.6. The van der Waals surface area contributed by atoms with Gasteiger partial charge < -0.3 is 11.1 Å². The number of sulfonamides is 1. The number of hydrogen-bond donors (Lipinski definition) is 3. The van der Waals surface area contributed by atoms with Crippen molar-refractivity contribution in [1.29, 1.82) is 0 Å². The van der Waals surface area contributed by atoms with Gasteiger partial charge >= 0.3 is 0 Å². The molecule has 0 unspecified atom stereocenters. The van der Waals surface area contributed by atoms with E-state index in [1.54, 1.807) is 19.1 Å². The molecular weight excluding hydrogens is 505 g/mol. The van der Waals surface area contributed by atoms with E-state index in [1.165, 1.54) is 11.6 Å². The fraction of sp³-hybridized carbons (Fsp3) is 0.125. The van der Waals surface area contributed by atoms with E-state index in [2.05, 4.69) is 38.1 Å². The molecule has 0 aliphatic carbocycles. The van der Waals surface area contributed by atoms with Crippen LogP contribution in [0.5, 0.6) is 0 Å². The third-order valence-corrected chi connectivity index (χ3v) is 5.66. The maximum Gasteiger partial charge on any atom is 0.241 e. The number of rotatable bonds is 4. The van der Waals surface area contributed by atoms with Gasteiger partial charge in [-0.2, -0.15) is 0 Å². The number of nitrogens with zero attached hydrogens (tertiary/aromatic N) is 3. The number of aromatic nitrogens is 3. The van der Waals surface area contributed by atoms with Crippen LogP contribution in [-0.2, 0) is 17.1 Å². The average Bonchev–Trinajstić information content (AvgIpc) is 2.92. The number of aryl methyl sites for hydroxylation is 1. The largest absolute Gasteiger partial charge is 0.368 e. The van der Waals surface area contributed by atoms with E-state index in [1.807, 2.05) is 6.07 Å². The van der Waals surface area contributed by atoms with E-state index in [-0.39, 0.29) is 23.0 Å². The molecular formula is C16H15F2IN6O2S. The SMILES string of the molecule is Cc1cc(I)ccc1Nc1c(-c2nnc(N)n2C)cc(S(N)(=O)=O)c(F)c1F. The molecule has 0 bridgehead atoms. The van der Waals surface area contributed by atoms with Crippen LogP contribution in [0, 0.1) is 22.1 Å². The summed E-state index contributed by atoms with van der Waals surface area (Å²) in [7, 11) is -3.03. The second-order valence-corrected chi connectivity index (χ2v) is 8.77. The Hall–Kier alpha value is -2.32. The molecule has 12 heteroatoms. The Morgan fingerprint density at radius 1 is 1.18 bits per heavy atom. The minimum Gasteiger partial charge on any atom is -0.368 e. The Morgan fingerprint density at radius 3 is 2.39 bits per heavy atom. The number of halogens is 3. The number of anilines is 3. The molecule has 0 atom stereocenters. The van der Waals surface area contributed by atoms with Gasteiger partial charge in [-0.3, -0.25) is 4.57 Å². The van der Waals surface area contributed by atoms with Gasteiger partial charge in [0, 0.05) is 21.9 Å². The highest BCUT2D eigenvalue weighted by molar-refractivity contribution is 14.1. The molecule has 3 rings (SSSR count). The van der Waals surface area contributed by atoms with Crippen molar-refractivity contribution in [3.8, 4) is 11.4 Å². The monoisotopic (exact) mass is 520 g/mol. The lowest BCUT2D eigenvalue weighted by Crippen LogP contribution is -2.16. The Balaban J connectivity index is 2.31. The van der Waals surface area contributed by atoms with E-state index in [0.717, 1.165) is 15.2 Å². The minimum atomic E-state index is -4.53. The summed E-state index contributed by atoms with van der Waals surface area (Å²) >= 11 is 2.12. The summed E-state index contributed by atoms with van der Waals surface area (Å²) < 4.78 is 55.1. The number of nitrogens with two attached hydrogens (primary N) is 2. The van der Waals surface area contributed by atoms with Crippen molar-refractivity contribution >= 4 is 49.9 Å². The zero-order chi connectivity index (χ0) is 20.8. The first kappa shape index (κ1) is 20.4. The average molecular weight is 520 g/mol. The summed E-state index contributed by atoms with van der Waals surface area (Å²) in [5.41, 5.74) is 6.56. The van der Waals surface area contributed by atoms with Gasteiger partial charge in [0.05, 0.1) is 5.69 Å². The van der Waals surface area contributed by atoms with Crippen molar-refractivity contribution < 1.29 is 17.2 Å². The molecule has 0 aliphatic rings. The second-order valence-electron chi connectivity index (χ2n) is 6.00. The first-order valence-corrected chi connectivity index (χ1v) is 10.4. The summed E-state index contributed by atoms with van der Waals surface area (Å²) in [4.78, 5) is -0.994. The van der Waals surface area contributed by atoms with Gasteiger partial charge in [-0.15, -0.1) is 10.2 Å². The summed E-state index contributed by atoms with van der Waals surface area (Å²) in [5, 5.41) is 15.4. The molecule has 0 spiro atoms. The summed E-state index contributed by atoms with van der Waals surface area (Å²) in [6.45, 7) is 1.79. The Bertz CT molecular complexity index is 1200. The number of nitrogens with one attached hydrogen (secondary N) is 1. The number of benzene rings is 2. The van der Waals surface area contributed by atoms with E-state index < -0.39 is 26.6 Å². The van der Waals surface area contributed by atoms with Gasteiger partial charge in [0.2, 0.25) is 16.0 Å². The van der Waals surface area contributed by atoms with Gasteiger partial charge in [-0.25, -0.2) is 22.3 Å². The second kappa shape index (κ2) is 7.25. The minimum absolute atomic E-state index is 0.00767. The number of hydrogen-bond acceptors (Lipinski definition) is 6. The summed E-state index contributed by atoms with van der Waals surface area (Å²) in [6, 6.07) is 6.22. The molecule has 0 amide bonds. The molecule has 3 aromatic rings. The van der Waals surface area contributed by atoms with Crippen molar-refractivity contribution in [2.45, 2.75) is 11.8 Å². The maximum absolute atomic E-state index is 14.9. The highest BCUT2D eigenvalue weighted by Gasteiger charge is 2.27. The number of nitrogen functional groups attached to an aromatic ring is 1. The van der Waals surface area contributed by atoms with Crippen LogP contribution in [0.25, 0.3) is 11.4 Å². The van der Waals surface area contributed by atoms with Gasteiger partial charge in [0.1, 0.15) is 4.90 Å². The first-order valence-electron chi connectivity index (χ1n) is 7.74. The van der Waals surface area contributed by atoms with Crippen LogP contribution in [0.4, 0.5) is 26.1 Å². The quantitative estimate of drug-likeness (QED) is 0.454. The standard InChI is InChI=1S/C16H15F2IN6O2S/c1-7-5-8(19)3-4-10(7)22-14-9(15-23-24-16(20)25(15)2)6-11(28(21,26)27)12(17)13(14)18/h3-6,22H,1-2H3,(H2,20,24)(H2,21,26,27). The molecule has 1 heterocycles. The van der Waals surface area contributed by atoms with Crippen LogP contribution >= 0.6 is 22.6 Å². The lowest BCUT2D eigenvalue weighted by molar-refractivity contribution is 0.488. The molecule has 0 aliphatic heterocycles. The Kier molecular flexibility index (Phi) is 5.29. The Morgan fingerprint density at radius 2 is 1.86 bits per heavy atom. The number of primary sulfonamides is 1. The van der Waals surface area contributed by atoms with Crippen LogP contribution in [-0.4, -0.2) is 23.2 Å². The van der Waals surface area contributed by atoms with Gasteiger partial charge in [-0.1, -0.05) is 0 Å². The van der Waals surface area contributed by atoms with E-state index >= 15 is 0 Å². The molecule has 5 N–H and O–H groups in total. The Labute approximate surface area is 173 Å². The van der Waals surface area contributed by atoms with Crippen molar-refractivity contribution in [2.75, 3.05) is 11.1 Å².